The van der Waals surface area contributed by atoms with Crippen molar-refractivity contribution in [3.8, 4) is 0 Å². The third-order valence-electron chi connectivity index (χ3n) is 3.34. The van der Waals surface area contributed by atoms with E-state index in [9.17, 15) is 8.42 Å². The van der Waals surface area contributed by atoms with Gasteiger partial charge >= 0.3 is 0 Å². The van der Waals surface area contributed by atoms with E-state index >= 15 is 0 Å². The van der Waals surface area contributed by atoms with Crippen molar-refractivity contribution in [1.82, 2.24) is 0 Å². The zero-order valence-corrected chi connectivity index (χ0v) is 13.9. The smallest absolute Gasteiger partial charge is 0.264 e. The Morgan fingerprint density at radius 2 is 1.67 bits per heavy atom. The average Bonchev–Trinajstić information content (AvgIpc) is 2.43. The molecule has 0 amide bonds. The lowest BCUT2D eigenvalue weighted by molar-refractivity contribution is 0.591. The van der Waals surface area contributed by atoms with Crippen LogP contribution < -0.4 is 4.31 Å². The fourth-order valence-electron chi connectivity index (χ4n) is 2.16. The minimum absolute atomic E-state index is 0.286. The second kappa shape index (κ2) is 6.08. The van der Waals surface area contributed by atoms with Crippen LogP contribution in [0, 0.1) is 13.8 Å². The maximum absolute atomic E-state index is 12.8. The summed E-state index contributed by atoms with van der Waals surface area (Å²) in [5.41, 5.74) is 2.51. The Hall–Kier alpha value is -1.52. The molecular formula is C16H18ClNO2S. The highest BCUT2D eigenvalue weighted by Crippen LogP contribution is 2.29. The Bertz CT molecular complexity index is 739. The first kappa shape index (κ1) is 15.9. The summed E-state index contributed by atoms with van der Waals surface area (Å²) in [4.78, 5) is 0.286. The molecule has 0 atom stereocenters. The van der Waals surface area contributed by atoms with Crippen LogP contribution >= 0.6 is 11.6 Å². The van der Waals surface area contributed by atoms with Crippen molar-refractivity contribution in [2.75, 3.05) is 10.8 Å². The van der Waals surface area contributed by atoms with Crippen LogP contribution in [0.4, 0.5) is 5.69 Å². The number of rotatable bonds is 4. The molecule has 0 N–H and O–H groups in total. The summed E-state index contributed by atoms with van der Waals surface area (Å²) in [5.74, 6) is 0. The van der Waals surface area contributed by atoms with Gasteiger partial charge in [-0.3, -0.25) is 4.31 Å². The van der Waals surface area contributed by atoms with Gasteiger partial charge in [-0.05, 0) is 50.6 Å². The minimum Gasteiger partial charge on any atom is -0.266 e. The van der Waals surface area contributed by atoms with E-state index in [1.165, 1.54) is 4.31 Å². The Morgan fingerprint density at radius 1 is 1.05 bits per heavy atom. The third-order valence-corrected chi connectivity index (χ3v) is 5.47. The molecule has 0 spiro atoms. The van der Waals surface area contributed by atoms with Crippen LogP contribution in [0.1, 0.15) is 18.1 Å². The first-order chi connectivity index (χ1) is 9.86. The van der Waals surface area contributed by atoms with E-state index in [1.807, 2.05) is 26.8 Å². The van der Waals surface area contributed by atoms with Gasteiger partial charge in [0.15, 0.2) is 0 Å². The predicted molar refractivity (Wildman–Crippen MR) is 87.6 cm³/mol. The van der Waals surface area contributed by atoms with Gasteiger partial charge in [-0.1, -0.05) is 35.4 Å². The maximum atomic E-state index is 12.8. The fraction of sp³-hybridized carbons (Fsp3) is 0.250. The predicted octanol–water partition coefficient (Wildman–Crippen LogP) is 4.17. The van der Waals surface area contributed by atoms with Crippen LogP contribution in [0.3, 0.4) is 0 Å². The molecule has 0 unspecified atom stereocenters. The molecule has 0 saturated heterocycles. The summed E-state index contributed by atoms with van der Waals surface area (Å²) in [6.45, 7) is 5.96. The van der Waals surface area contributed by atoms with Gasteiger partial charge in [0.05, 0.1) is 10.6 Å². The molecule has 0 fully saturated rings. The monoisotopic (exact) mass is 323 g/mol. The zero-order chi connectivity index (χ0) is 15.6. The molecule has 0 aromatic heterocycles. The number of benzene rings is 2. The summed E-state index contributed by atoms with van der Waals surface area (Å²) in [6.07, 6.45) is 0. The molecule has 21 heavy (non-hydrogen) atoms. The van der Waals surface area contributed by atoms with Gasteiger partial charge in [0.25, 0.3) is 10.0 Å². The van der Waals surface area contributed by atoms with Crippen LogP contribution in [0.25, 0.3) is 0 Å². The SMILES string of the molecule is CCN(c1cc(Cl)ccc1C)S(=O)(=O)c1ccc(C)cc1. The van der Waals surface area contributed by atoms with Crippen molar-refractivity contribution in [3.05, 3.63) is 58.6 Å². The van der Waals surface area contributed by atoms with Gasteiger partial charge in [-0.25, -0.2) is 8.42 Å². The number of nitrogens with zero attached hydrogens (tertiary/aromatic N) is 1. The minimum atomic E-state index is -3.59. The van der Waals surface area contributed by atoms with Crippen molar-refractivity contribution >= 4 is 27.3 Å². The third kappa shape index (κ3) is 3.22. The first-order valence-corrected chi connectivity index (χ1v) is 8.53. The molecule has 0 bridgehead atoms. The molecule has 5 heteroatoms. The van der Waals surface area contributed by atoms with E-state index in [2.05, 4.69) is 0 Å². The fourth-order valence-corrected chi connectivity index (χ4v) is 3.85. The Morgan fingerprint density at radius 3 is 2.24 bits per heavy atom. The van der Waals surface area contributed by atoms with Crippen molar-refractivity contribution < 1.29 is 8.42 Å². The van der Waals surface area contributed by atoms with Crippen LogP contribution in [0.15, 0.2) is 47.4 Å². The van der Waals surface area contributed by atoms with Gasteiger partial charge < -0.3 is 0 Å². The highest BCUT2D eigenvalue weighted by Gasteiger charge is 2.24. The molecule has 0 heterocycles. The van der Waals surface area contributed by atoms with Crippen LogP contribution in [0.2, 0.25) is 5.02 Å². The number of anilines is 1. The maximum Gasteiger partial charge on any atom is 0.264 e. The second-order valence-corrected chi connectivity index (χ2v) is 7.21. The lowest BCUT2D eigenvalue weighted by Gasteiger charge is -2.25. The molecule has 2 aromatic rings. The van der Waals surface area contributed by atoms with Crippen LogP contribution in [-0.2, 0) is 10.0 Å². The number of aryl methyl sites for hydroxylation is 2. The van der Waals surface area contributed by atoms with Gasteiger partial charge in [0, 0.05) is 11.6 Å². The molecule has 3 nitrogen and oxygen atoms in total. The van der Waals surface area contributed by atoms with E-state index < -0.39 is 10.0 Å². The molecule has 0 aliphatic rings. The normalized spacial score (nSPS) is 11.4. The Kier molecular flexibility index (Phi) is 4.59. The second-order valence-electron chi connectivity index (χ2n) is 4.91. The van der Waals surface area contributed by atoms with Crippen LogP contribution in [0.5, 0.6) is 0 Å². The molecular weight excluding hydrogens is 306 g/mol. The molecule has 112 valence electrons. The summed E-state index contributed by atoms with van der Waals surface area (Å²) in [5, 5.41) is 0.521. The van der Waals surface area contributed by atoms with Crippen molar-refractivity contribution in [2.24, 2.45) is 0 Å². The lowest BCUT2D eigenvalue weighted by atomic mass is 10.2. The van der Waals surface area contributed by atoms with E-state index in [0.717, 1.165) is 11.1 Å². The number of sulfonamides is 1. The Labute approximate surface area is 131 Å². The number of hydrogen-bond donors (Lipinski definition) is 0. The van der Waals surface area contributed by atoms with Crippen LogP contribution in [-0.4, -0.2) is 15.0 Å². The topological polar surface area (TPSA) is 37.4 Å². The highest BCUT2D eigenvalue weighted by molar-refractivity contribution is 7.92. The van der Waals surface area contributed by atoms with E-state index in [1.54, 1.807) is 36.4 Å². The van der Waals surface area contributed by atoms with E-state index in [-0.39, 0.29) is 4.90 Å². The number of hydrogen-bond acceptors (Lipinski definition) is 2. The molecule has 0 radical (unpaired) electrons. The molecule has 2 aromatic carbocycles. The number of halogens is 1. The highest BCUT2D eigenvalue weighted by atomic mass is 35.5. The van der Waals surface area contributed by atoms with Gasteiger partial charge in [-0.15, -0.1) is 0 Å². The molecule has 2 rings (SSSR count). The van der Waals surface area contributed by atoms with Crippen molar-refractivity contribution in [2.45, 2.75) is 25.7 Å². The first-order valence-electron chi connectivity index (χ1n) is 6.72. The lowest BCUT2D eigenvalue weighted by Crippen LogP contribution is -2.31. The zero-order valence-electron chi connectivity index (χ0n) is 12.3. The summed E-state index contributed by atoms with van der Waals surface area (Å²) in [7, 11) is -3.59. The largest absolute Gasteiger partial charge is 0.266 e. The quantitative estimate of drug-likeness (QED) is 0.846. The summed E-state index contributed by atoms with van der Waals surface area (Å²) < 4.78 is 27.0. The van der Waals surface area contributed by atoms with Gasteiger partial charge in [0.2, 0.25) is 0 Å². The van der Waals surface area contributed by atoms with E-state index in [0.29, 0.717) is 17.3 Å². The standard InChI is InChI=1S/C16H18ClNO2S/c1-4-18(16-11-14(17)8-7-13(16)3)21(19,20)15-9-5-12(2)6-10-15/h5-11H,4H2,1-3H3. The van der Waals surface area contributed by atoms with Gasteiger partial charge in [0.1, 0.15) is 0 Å². The van der Waals surface area contributed by atoms with Crippen molar-refractivity contribution in [1.29, 1.82) is 0 Å². The molecule has 0 saturated carbocycles. The molecule has 0 aliphatic carbocycles. The van der Waals surface area contributed by atoms with Crippen molar-refractivity contribution in [3.63, 3.8) is 0 Å². The molecule has 0 aliphatic heterocycles. The Balaban J connectivity index is 2.54. The average molecular weight is 324 g/mol. The van der Waals surface area contributed by atoms with E-state index in [4.69, 9.17) is 11.6 Å². The summed E-state index contributed by atoms with van der Waals surface area (Å²) >= 11 is 6.01. The van der Waals surface area contributed by atoms with Gasteiger partial charge in [-0.2, -0.15) is 0 Å². The summed E-state index contributed by atoms with van der Waals surface area (Å²) in [6, 6.07) is 12.1.